The van der Waals surface area contributed by atoms with E-state index >= 15 is 0 Å². The highest BCUT2D eigenvalue weighted by Gasteiger charge is 2.36. The molecule has 1 aromatic heterocycles. The van der Waals surface area contributed by atoms with E-state index in [9.17, 15) is 4.79 Å². The molecular formula is C25H32N4O2+2. The van der Waals surface area contributed by atoms with Gasteiger partial charge in [-0.2, -0.15) is 0 Å². The summed E-state index contributed by atoms with van der Waals surface area (Å²) < 4.78 is 5.21. The first-order valence-electron chi connectivity index (χ1n) is 11.0. The van der Waals surface area contributed by atoms with E-state index in [0.29, 0.717) is 0 Å². The molecule has 1 atom stereocenters. The maximum Gasteiger partial charge on any atom is 0.287 e. The predicted molar refractivity (Wildman–Crippen MR) is 120 cm³/mol. The summed E-state index contributed by atoms with van der Waals surface area (Å²) in [4.78, 5) is 16.3. The van der Waals surface area contributed by atoms with Crippen molar-refractivity contribution in [2.24, 2.45) is 0 Å². The fraction of sp³-hybridized carbons (Fsp3) is 0.360. The first-order valence-corrected chi connectivity index (χ1v) is 11.0. The van der Waals surface area contributed by atoms with Gasteiger partial charge in [0.05, 0.1) is 0 Å². The van der Waals surface area contributed by atoms with E-state index in [0.717, 1.165) is 66.6 Å². The number of nitrogens with zero attached hydrogens (tertiary/aromatic N) is 1. The van der Waals surface area contributed by atoms with Crippen LogP contribution in [0.25, 0.3) is 0 Å². The SMILES string of the molecule is Cc1ccc(C)c(NC(=O)[C@@H](c2ccccc2)[NH+]2CC[NH+](Cc3cc(C)on3)CC2)c1. The topological polar surface area (TPSA) is 64.0 Å². The summed E-state index contributed by atoms with van der Waals surface area (Å²) in [6, 6.07) is 18.1. The summed E-state index contributed by atoms with van der Waals surface area (Å²) in [6.45, 7) is 10.8. The fourth-order valence-electron chi connectivity index (χ4n) is 4.44. The van der Waals surface area contributed by atoms with E-state index in [4.69, 9.17) is 4.52 Å². The van der Waals surface area contributed by atoms with Crippen LogP contribution in [0.1, 0.15) is 34.2 Å². The molecule has 0 spiro atoms. The average molecular weight is 421 g/mol. The smallest absolute Gasteiger partial charge is 0.287 e. The minimum absolute atomic E-state index is 0.0606. The molecule has 0 aliphatic carbocycles. The molecule has 0 radical (unpaired) electrons. The zero-order chi connectivity index (χ0) is 21.8. The second kappa shape index (κ2) is 9.45. The van der Waals surface area contributed by atoms with Crippen LogP contribution in [0.4, 0.5) is 5.69 Å². The molecule has 2 heterocycles. The molecule has 31 heavy (non-hydrogen) atoms. The molecule has 6 heteroatoms. The number of nitrogens with one attached hydrogen (secondary N) is 3. The maximum absolute atomic E-state index is 13.5. The molecule has 2 aromatic carbocycles. The van der Waals surface area contributed by atoms with E-state index in [1.54, 1.807) is 0 Å². The van der Waals surface area contributed by atoms with Gasteiger partial charge in [-0.15, -0.1) is 0 Å². The first kappa shape index (κ1) is 21.3. The number of carbonyl (C=O) groups excluding carboxylic acids is 1. The van der Waals surface area contributed by atoms with Crippen LogP contribution in [0.3, 0.4) is 0 Å². The molecule has 0 unspecified atom stereocenters. The highest BCUT2D eigenvalue weighted by molar-refractivity contribution is 5.95. The number of hydrogen-bond donors (Lipinski definition) is 3. The Morgan fingerprint density at radius 3 is 2.45 bits per heavy atom. The molecule has 0 saturated carbocycles. The Morgan fingerprint density at radius 2 is 1.77 bits per heavy atom. The van der Waals surface area contributed by atoms with Crippen molar-refractivity contribution < 1.29 is 19.1 Å². The number of aromatic nitrogens is 1. The van der Waals surface area contributed by atoms with Gasteiger partial charge < -0.3 is 19.6 Å². The van der Waals surface area contributed by atoms with Gasteiger partial charge in [-0.05, 0) is 38.0 Å². The van der Waals surface area contributed by atoms with Crippen LogP contribution in [0, 0.1) is 20.8 Å². The Hall–Kier alpha value is -2.96. The van der Waals surface area contributed by atoms with Gasteiger partial charge >= 0.3 is 0 Å². The molecule has 1 amide bonds. The number of amides is 1. The van der Waals surface area contributed by atoms with Gasteiger partial charge in [0.1, 0.15) is 44.2 Å². The highest BCUT2D eigenvalue weighted by atomic mass is 16.5. The van der Waals surface area contributed by atoms with Crippen molar-refractivity contribution in [1.82, 2.24) is 5.16 Å². The molecule has 1 aliphatic heterocycles. The largest absolute Gasteiger partial charge is 0.361 e. The predicted octanol–water partition coefficient (Wildman–Crippen LogP) is 1.26. The molecule has 162 valence electrons. The summed E-state index contributed by atoms with van der Waals surface area (Å²) in [6.07, 6.45) is 0. The number of carbonyl (C=O) groups is 1. The van der Waals surface area contributed by atoms with E-state index in [2.05, 4.69) is 34.7 Å². The number of hydrogen-bond acceptors (Lipinski definition) is 3. The molecular weight excluding hydrogens is 388 g/mol. The Morgan fingerprint density at radius 1 is 1.03 bits per heavy atom. The van der Waals surface area contributed by atoms with Crippen molar-refractivity contribution in [1.29, 1.82) is 0 Å². The average Bonchev–Trinajstić information content (AvgIpc) is 3.17. The minimum atomic E-state index is -0.225. The Kier molecular flexibility index (Phi) is 6.49. The van der Waals surface area contributed by atoms with Crippen LogP contribution >= 0.6 is 0 Å². The summed E-state index contributed by atoms with van der Waals surface area (Å²) in [5.74, 6) is 0.913. The molecule has 6 nitrogen and oxygen atoms in total. The lowest BCUT2D eigenvalue weighted by Gasteiger charge is -2.34. The Labute approximate surface area is 183 Å². The van der Waals surface area contributed by atoms with E-state index in [1.165, 1.54) is 9.80 Å². The van der Waals surface area contributed by atoms with Crippen LogP contribution in [-0.2, 0) is 11.3 Å². The van der Waals surface area contributed by atoms with Gasteiger partial charge in [0.2, 0.25) is 0 Å². The third-order valence-electron chi connectivity index (χ3n) is 6.16. The number of aryl methyl sites for hydroxylation is 3. The van der Waals surface area contributed by atoms with Gasteiger partial charge in [-0.1, -0.05) is 47.6 Å². The maximum atomic E-state index is 13.5. The quantitative estimate of drug-likeness (QED) is 0.563. The van der Waals surface area contributed by atoms with Crippen molar-refractivity contribution in [2.45, 2.75) is 33.4 Å². The Balaban J connectivity index is 1.48. The number of quaternary nitrogens is 2. The lowest BCUT2D eigenvalue weighted by Crippen LogP contribution is -3.28. The Bertz CT molecular complexity index is 1020. The van der Waals surface area contributed by atoms with Gasteiger partial charge in [0.25, 0.3) is 5.91 Å². The van der Waals surface area contributed by atoms with Crippen molar-refractivity contribution in [3.63, 3.8) is 0 Å². The number of rotatable bonds is 6. The number of benzene rings is 2. The van der Waals surface area contributed by atoms with Crippen LogP contribution in [0.5, 0.6) is 0 Å². The minimum Gasteiger partial charge on any atom is -0.361 e. The number of piperazine rings is 1. The summed E-state index contributed by atoms with van der Waals surface area (Å²) in [5.41, 5.74) is 5.19. The summed E-state index contributed by atoms with van der Waals surface area (Å²) >= 11 is 0. The molecule has 0 bridgehead atoms. The van der Waals surface area contributed by atoms with E-state index in [1.807, 2.05) is 51.1 Å². The molecule has 4 rings (SSSR count). The van der Waals surface area contributed by atoms with Gasteiger partial charge in [-0.25, -0.2) is 0 Å². The lowest BCUT2D eigenvalue weighted by atomic mass is 10.0. The van der Waals surface area contributed by atoms with Gasteiger partial charge in [0, 0.05) is 17.3 Å². The standard InChI is InChI=1S/C25H30N4O2/c1-18-9-10-19(2)23(15-18)26-25(30)24(21-7-5-4-6-8-21)29-13-11-28(12-14-29)17-22-16-20(3)31-27-22/h4-10,15-16,24H,11-14,17H2,1-3H3,(H,26,30)/p+2/t24-/m1/s1. The number of anilines is 1. The van der Waals surface area contributed by atoms with Gasteiger partial charge in [0.15, 0.2) is 6.04 Å². The van der Waals surface area contributed by atoms with E-state index < -0.39 is 0 Å². The molecule has 1 aliphatic rings. The molecule has 3 aromatic rings. The zero-order valence-corrected chi connectivity index (χ0v) is 18.6. The molecule has 3 N–H and O–H groups in total. The van der Waals surface area contributed by atoms with Crippen LogP contribution in [0.15, 0.2) is 59.1 Å². The summed E-state index contributed by atoms with van der Waals surface area (Å²) in [7, 11) is 0. The fourth-order valence-corrected chi connectivity index (χ4v) is 4.44. The normalized spacial score (nSPS) is 19.7. The van der Waals surface area contributed by atoms with Crippen LogP contribution < -0.4 is 15.1 Å². The van der Waals surface area contributed by atoms with E-state index in [-0.39, 0.29) is 11.9 Å². The second-order valence-corrected chi connectivity index (χ2v) is 8.67. The molecule has 1 saturated heterocycles. The van der Waals surface area contributed by atoms with Crippen LogP contribution in [-0.4, -0.2) is 37.2 Å². The second-order valence-electron chi connectivity index (χ2n) is 8.67. The van der Waals surface area contributed by atoms with Crippen LogP contribution in [0.2, 0.25) is 0 Å². The first-order chi connectivity index (χ1) is 15.0. The third-order valence-corrected chi connectivity index (χ3v) is 6.16. The monoisotopic (exact) mass is 420 g/mol. The lowest BCUT2D eigenvalue weighted by molar-refractivity contribution is -1.03. The van der Waals surface area contributed by atoms with Crippen molar-refractivity contribution in [3.8, 4) is 0 Å². The summed E-state index contributed by atoms with van der Waals surface area (Å²) in [5, 5.41) is 7.35. The molecule has 1 fully saturated rings. The highest BCUT2D eigenvalue weighted by Crippen LogP contribution is 2.19. The van der Waals surface area contributed by atoms with Crippen molar-refractivity contribution in [2.75, 3.05) is 31.5 Å². The van der Waals surface area contributed by atoms with Crippen molar-refractivity contribution >= 4 is 11.6 Å². The van der Waals surface area contributed by atoms with Gasteiger partial charge in [-0.3, -0.25) is 4.79 Å². The van der Waals surface area contributed by atoms with Crippen molar-refractivity contribution in [3.05, 3.63) is 82.7 Å². The third kappa shape index (κ3) is 5.21. The zero-order valence-electron chi connectivity index (χ0n) is 18.6.